The summed E-state index contributed by atoms with van der Waals surface area (Å²) in [7, 11) is 0. The largest absolute Gasteiger partial charge is 0.450 e. The van der Waals surface area contributed by atoms with Crippen LogP contribution in [0.25, 0.3) is 11.0 Å². The van der Waals surface area contributed by atoms with Crippen molar-refractivity contribution >= 4 is 33.3 Å². The fourth-order valence-corrected chi connectivity index (χ4v) is 5.03. The van der Waals surface area contributed by atoms with E-state index in [1.807, 2.05) is 57.2 Å². The fraction of sp³-hybridized carbons (Fsp3) is 0.240. The summed E-state index contributed by atoms with van der Waals surface area (Å²) in [6, 6.07) is 13.0. The highest BCUT2D eigenvalue weighted by Crippen LogP contribution is 2.43. The van der Waals surface area contributed by atoms with Gasteiger partial charge in [0.25, 0.3) is 5.91 Å². The van der Waals surface area contributed by atoms with Gasteiger partial charge in [0.05, 0.1) is 22.7 Å². The summed E-state index contributed by atoms with van der Waals surface area (Å²) in [5.74, 6) is -0.218. The van der Waals surface area contributed by atoms with Crippen LogP contribution in [0, 0.1) is 20.8 Å². The Labute approximate surface area is 184 Å². The van der Waals surface area contributed by atoms with Crippen molar-refractivity contribution < 1.29 is 9.21 Å². The van der Waals surface area contributed by atoms with Gasteiger partial charge in [-0.2, -0.15) is 0 Å². The van der Waals surface area contributed by atoms with E-state index in [9.17, 15) is 9.59 Å². The molecule has 5 rings (SSSR count). The Bertz CT molecular complexity index is 1380. The molecule has 1 aliphatic heterocycles. The van der Waals surface area contributed by atoms with Crippen molar-refractivity contribution in [1.29, 1.82) is 0 Å². The van der Waals surface area contributed by atoms with Gasteiger partial charge in [-0.15, -0.1) is 11.3 Å². The molecule has 4 aromatic rings. The topological polar surface area (TPSA) is 63.4 Å². The van der Waals surface area contributed by atoms with Crippen LogP contribution in [-0.2, 0) is 6.42 Å². The lowest BCUT2D eigenvalue weighted by Crippen LogP contribution is -2.29. The zero-order valence-corrected chi connectivity index (χ0v) is 18.7. The molecule has 3 heterocycles. The number of nitrogens with zero attached hydrogens (tertiary/aromatic N) is 2. The summed E-state index contributed by atoms with van der Waals surface area (Å²) < 4.78 is 6.02. The number of aromatic nitrogens is 1. The first-order valence-electron chi connectivity index (χ1n) is 10.3. The third-order valence-corrected chi connectivity index (χ3v) is 7.02. The zero-order valence-electron chi connectivity index (χ0n) is 17.9. The van der Waals surface area contributed by atoms with E-state index >= 15 is 0 Å². The Kier molecular flexibility index (Phi) is 4.55. The highest BCUT2D eigenvalue weighted by molar-refractivity contribution is 7.15. The molecule has 31 heavy (non-hydrogen) atoms. The third-order valence-electron chi connectivity index (χ3n) is 5.95. The van der Waals surface area contributed by atoms with Crippen molar-refractivity contribution in [2.24, 2.45) is 0 Å². The minimum absolute atomic E-state index is 0.108. The van der Waals surface area contributed by atoms with E-state index in [0.29, 0.717) is 21.7 Å². The van der Waals surface area contributed by atoms with Gasteiger partial charge in [0.15, 0.2) is 10.6 Å². The minimum atomic E-state index is -0.570. The molecular weight excluding hydrogens is 408 g/mol. The Hall–Kier alpha value is -3.25. The maximum atomic E-state index is 13.6. The van der Waals surface area contributed by atoms with Gasteiger partial charge >= 0.3 is 0 Å². The van der Waals surface area contributed by atoms with Crippen LogP contribution < -0.4 is 10.3 Å². The van der Waals surface area contributed by atoms with Crippen LogP contribution in [0.3, 0.4) is 0 Å². The lowest BCUT2D eigenvalue weighted by atomic mass is 9.97. The van der Waals surface area contributed by atoms with Gasteiger partial charge < -0.3 is 4.42 Å². The van der Waals surface area contributed by atoms with Crippen molar-refractivity contribution in [2.75, 3.05) is 4.90 Å². The van der Waals surface area contributed by atoms with E-state index in [1.165, 1.54) is 16.9 Å². The average Bonchev–Trinajstić information content (AvgIpc) is 3.25. The van der Waals surface area contributed by atoms with Crippen molar-refractivity contribution in [3.8, 4) is 0 Å². The minimum Gasteiger partial charge on any atom is -0.450 e. The average molecular weight is 431 g/mol. The van der Waals surface area contributed by atoms with Crippen molar-refractivity contribution in [1.82, 2.24) is 4.98 Å². The number of carbonyl (C=O) groups is 1. The van der Waals surface area contributed by atoms with E-state index < -0.39 is 6.04 Å². The predicted octanol–water partition coefficient (Wildman–Crippen LogP) is 5.49. The van der Waals surface area contributed by atoms with E-state index in [4.69, 9.17) is 4.42 Å². The molecule has 0 N–H and O–H groups in total. The molecule has 1 aliphatic rings. The van der Waals surface area contributed by atoms with Crippen molar-refractivity contribution in [3.63, 3.8) is 0 Å². The molecule has 0 unspecified atom stereocenters. The lowest BCUT2D eigenvalue weighted by molar-refractivity contribution is 0.0971. The SMILES string of the molecule is CCc1ccc([C@H]2c3c(oc4ccc(C)cc4c3=O)C(=O)N2c2nc(C)c(C)s2)cc1. The summed E-state index contributed by atoms with van der Waals surface area (Å²) in [6.07, 6.45) is 0.918. The predicted molar refractivity (Wildman–Crippen MR) is 123 cm³/mol. The number of amides is 1. The van der Waals surface area contributed by atoms with Gasteiger partial charge in [0, 0.05) is 4.88 Å². The van der Waals surface area contributed by atoms with Crippen LogP contribution in [-0.4, -0.2) is 10.9 Å². The maximum absolute atomic E-state index is 13.6. The molecule has 6 heteroatoms. The van der Waals surface area contributed by atoms with Crippen LogP contribution >= 0.6 is 11.3 Å². The molecule has 0 saturated heterocycles. The smallest absolute Gasteiger partial charge is 0.297 e. The molecule has 5 nitrogen and oxygen atoms in total. The number of hydrogen-bond donors (Lipinski definition) is 0. The van der Waals surface area contributed by atoms with E-state index in [0.717, 1.165) is 28.1 Å². The molecule has 0 bridgehead atoms. The summed E-state index contributed by atoms with van der Waals surface area (Å²) in [4.78, 5) is 34.5. The third kappa shape index (κ3) is 3.01. The second-order valence-corrected chi connectivity index (χ2v) is 9.17. The summed E-state index contributed by atoms with van der Waals surface area (Å²) in [5.41, 5.74) is 4.57. The van der Waals surface area contributed by atoms with Crippen LogP contribution in [0.2, 0.25) is 0 Å². The second-order valence-electron chi connectivity index (χ2n) is 7.98. The zero-order chi connectivity index (χ0) is 21.9. The first kappa shape index (κ1) is 19.7. The summed E-state index contributed by atoms with van der Waals surface area (Å²) >= 11 is 1.45. The Morgan fingerprint density at radius 2 is 1.81 bits per heavy atom. The highest BCUT2D eigenvalue weighted by atomic mass is 32.1. The number of benzene rings is 2. The summed E-state index contributed by atoms with van der Waals surface area (Å²) in [6.45, 7) is 7.94. The number of rotatable bonds is 3. The molecule has 0 spiro atoms. The number of anilines is 1. The molecule has 2 aromatic heterocycles. The van der Waals surface area contributed by atoms with Crippen LogP contribution in [0.5, 0.6) is 0 Å². The molecule has 0 radical (unpaired) electrons. The standard InChI is InChI=1S/C25H22N2O3S/c1-5-16-7-9-17(10-8-16)21-20-22(28)18-12-13(2)6-11-19(18)30-23(20)24(29)27(21)25-26-14(3)15(4)31-25/h6-12,21H,5H2,1-4H3/t21-/m0/s1. The molecule has 0 fully saturated rings. The number of thiazole rings is 1. The molecule has 2 aromatic carbocycles. The van der Waals surface area contributed by atoms with Gasteiger partial charge in [-0.3, -0.25) is 14.5 Å². The normalized spacial score (nSPS) is 15.7. The van der Waals surface area contributed by atoms with Crippen LogP contribution in [0.15, 0.2) is 51.7 Å². The van der Waals surface area contributed by atoms with E-state index in [-0.39, 0.29) is 17.1 Å². The quantitative estimate of drug-likeness (QED) is 0.431. The highest BCUT2D eigenvalue weighted by Gasteiger charge is 2.45. The van der Waals surface area contributed by atoms with Crippen molar-refractivity contribution in [2.45, 2.75) is 40.2 Å². The second kappa shape index (κ2) is 7.17. The van der Waals surface area contributed by atoms with Crippen molar-refractivity contribution in [3.05, 3.63) is 91.3 Å². The van der Waals surface area contributed by atoms with Gasteiger partial charge in [-0.1, -0.05) is 42.8 Å². The van der Waals surface area contributed by atoms with Gasteiger partial charge in [-0.25, -0.2) is 4.98 Å². The Balaban J connectivity index is 1.80. The Morgan fingerprint density at radius 1 is 1.06 bits per heavy atom. The maximum Gasteiger partial charge on any atom is 0.297 e. The number of hydrogen-bond acceptors (Lipinski definition) is 5. The lowest BCUT2D eigenvalue weighted by Gasteiger charge is -2.22. The molecule has 0 aliphatic carbocycles. The van der Waals surface area contributed by atoms with Gasteiger partial charge in [-0.05, 0) is 50.5 Å². The number of fused-ring (bicyclic) bond motifs is 2. The molecule has 1 atom stereocenters. The first-order chi connectivity index (χ1) is 14.9. The molecule has 1 amide bonds. The Morgan fingerprint density at radius 3 is 2.45 bits per heavy atom. The van der Waals surface area contributed by atoms with Gasteiger partial charge in [0.2, 0.25) is 5.76 Å². The first-order valence-corrected chi connectivity index (χ1v) is 11.1. The van der Waals surface area contributed by atoms with E-state index in [2.05, 4.69) is 11.9 Å². The summed E-state index contributed by atoms with van der Waals surface area (Å²) in [5, 5.41) is 1.07. The van der Waals surface area contributed by atoms with Gasteiger partial charge in [0.1, 0.15) is 5.58 Å². The molecule has 156 valence electrons. The molecule has 0 saturated carbocycles. The number of carbonyl (C=O) groups excluding carboxylic acids is 1. The molecular formula is C25H22N2O3S. The fourth-order valence-electron chi connectivity index (χ4n) is 4.09. The van der Waals surface area contributed by atoms with Crippen LogP contribution in [0.4, 0.5) is 5.13 Å². The number of aryl methyl sites for hydroxylation is 4. The van der Waals surface area contributed by atoms with E-state index in [1.54, 1.807) is 11.0 Å². The monoisotopic (exact) mass is 430 g/mol. The van der Waals surface area contributed by atoms with Crippen LogP contribution in [0.1, 0.15) is 56.3 Å².